The first-order valence-electron chi connectivity index (χ1n) is 10.3. The van der Waals surface area contributed by atoms with Crippen molar-refractivity contribution in [2.75, 3.05) is 25.9 Å². The van der Waals surface area contributed by atoms with Gasteiger partial charge in [0.2, 0.25) is 0 Å². The van der Waals surface area contributed by atoms with Crippen LogP contribution in [-0.4, -0.2) is 66.2 Å². The van der Waals surface area contributed by atoms with Gasteiger partial charge in [-0.25, -0.2) is 14.2 Å². The Morgan fingerprint density at radius 3 is 2.60 bits per heavy atom. The molecule has 1 atom stereocenters. The molecule has 0 spiro atoms. The van der Waals surface area contributed by atoms with E-state index in [0.29, 0.717) is 35.9 Å². The van der Waals surface area contributed by atoms with Gasteiger partial charge in [-0.2, -0.15) is 0 Å². The first-order valence-corrected chi connectivity index (χ1v) is 11.5. The lowest BCUT2D eigenvalue weighted by atomic mass is 10.1. The number of thioether (sulfide) groups is 1. The van der Waals surface area contributed by atoms with E-state index in [9.17, 15) is 9.18 Å². The molecule has 0 bridgehead atoms. The standard InChI is InChI=1S/C22H30FN3O3S/c1-14(28-16-8-10-26(11-9-16)21(27)29-22(2,3)4)18-13-24-20(25-18)15-6-7-19(30-5)17(23)12-15/h6-7,12,14,16H,8-11,13H2,1-5H3/t14-/m1/s1. The number of rotatable bonds is 5. The number of nitrogens with zero attached hydrogens (tertiary/aromatic N) is 3. The molecule has 164 valence electrons. The van der Waals surface area contributed by atoms with Gasteiger partial charge in [-0.05, 0) is 65.0 Å². The van der Waals surface area contributed by atoms with Gasteiger partial charge in [0.25, 0.3) is 0 Å². The van der Waals surface area contributed by atoms with E-state index in [-0.39, 0.29) is 24.1 Å². The molecule has 8 heteroatoms. The van der Waals surface area contributed by atoms with Gasteiger partial charge in [-0.15, -0.1) is 11.8 Å². The van der Waals surface area contributed by atoms with Gasteiger partial charge in [-0.1, -0.05) is 0 Å². The smallest absolute Gasteiger partial charge is 0.410 e. The summed E-state index contributed by atoms with van der Waals surface area (Å²) in [5, 5.41) is 0. The van der Waals surface area contributed by atoms with E-state index in [0.717, 1.165) is 18.6 Å². The van der Waals surface area contributed by atoms with Crippen LogP contribution in [-0.2, 0) is 9.47 Å². The van der Waals surface area contributed by atoms with Crippen molar-refractivity contribution in [2.24, 2.45) is 9.98 Å². The topological polar surface area (TPSA) is 63.5 Å². The fourth-order valence-corrected chi connectivity index (χ4v) is 3.87. The molecule has 0 N–H and O–H groups in total. The molecular formula is C22H30FN3O3S. The zero-order chi connectivity index (χ0) is 21.9. The zero-order valence-corrected chi connectivity index (χ0v) is 19.1. The minimum absolute atomic E-state index is 0.0590. The fourth-order valence-electron chi connectivity index (χ4n) is 3.41. The average molecular weight is 436 g/mol. The minimum atomic E-state index is -0.490. The number of benzene rings is 1. The van der Waals surface area contributed by atoms with Crippen LogP contribution in [0.3, 0.4) is 0 Å². The summed E-state index contributed by atoms with van der Waals surface area (Å²) in [6.45, 7) is 9.25. The molecule has 0 radical (unpaired) electrons. The largest absolute Gasteiger partial charge is 0.444 e. The van der Waals surface area contributed by atoms with Crippen molar-refractivity contribution in [1.29, 1.82) is 0 Å². The maximum atomic E-state index is 14.1. The van der Waals surface area contributed by atoms with E-state index in [2.05, 4.69) is 9.98 Å². The van der Waals surface area contributed by atoms with Gasteiger partial charge in [0, 0.05) is 23.5 Å². The molecule has 30 heavy (non-hydrogen) atoms. The SMILES string of the molecule is CSc1ccc(C2=NCC([C@@H](C)OC3CCN(C(=O)OC(C)(C)C)CC3)=N2)cc1F. The number of aliphatic imine (C=N–C) groups is 2. The Hall–Kier alpha value is -1.93. The Kier molecular flexibility index (Phi) is 7.18. The van der Waals surface area contributed by atoms with Crippen molar-refractivity contribution in [1.82, 2.24) is 4.90 Å². The van der Waals surface area contributed by atoms with E-state index in [1.807, 2.05) is 40.0 Å². The highest BCUT2D eigenvalue weighted by atomic mass is 32.2. The monoisotopic (exact) mass is 435 g/mol. The Balaban J connectivity index is 1.51. The summed E-state index contributed by atoms with van der Waals surface area (Å²) in [5.74, 6) is 0.291. The fraction of sp³-hybridized carbons (Fsp3) is 0.591. The first kappa shape index (κ1) is 22.7. The second kappa shape index (κ2) is 9.47. The molecule has 0 aromatic heterocycles. The predicted molar refractivity (Wildman–Crippen MR) is 118 cm³/mol. The predicted octanol–water partition coefficient (Wildman–Crippen LogP) is 4.55. The molecule has 1 amide bonds. The van der Waals surface area contributed by atoms with Gasteiger partial charge in [-0.3, -0.25) is 4.99 Å². The summed E-state index contributed by atoms with van der Waals surface area (Å²) in [4.78, 5) is 23.6. The average Bonchev–Trinajstić information content (AvgIpc) is 3.17. The lowest BCUT2D eigenvalue weighted by Crippen LogP contribution is -2.44. The number of hydrogen-bond donors (Lipinski definition) is 0. The molecule has 2 aliphatic rings. The Morgan fingerprint density at radius 2 is 2.00 bits per heavy atom. The van der Waals surface area contributed by atoms with Crippen LogP contribution >= 0.6 is 11.8 Å². The van der Waals surface area contributed by atoms with Crippen molar-refractivity contribution in [2.45, 2.75) is 63.2 Å². The van der Waals surface area contributed by atoms with E-state index >= 15 is 0 Å². The molecular weight excluding hydrogens is 405 g/mol. The highest BCUT2D eigenvalue weighted by Crippen LogP contribution is 2.23. The molecule has 0 unspecified atom stereocenters. The third-order valence-electron chi connectivity index (χ3n) is 5.01. The zero-order valence-electron chi connectivity index (χ0n) is 18.3. The molecule has 2 heterocycles. The van der Waals surface area contributed by atoms with E-state index in [1.165, 1.54) is 17.8 Å². The van der Waals surface area contributed by atoms with Gasteiger partial charge in [0.1, 0.15) is 11.4 Å². The van der Waals surface area contributed by atoms with Crippen LogP contribution in [0.5, 0.6) is 0 Å². The van der Waals surface area contributed by atoms with E-state index < -0.39 is 5.60 Å². The number of halogens is 1. The lowest BCUT2D eigenvalue weighted by molar-refractivity contribution is -0.0205. The molecule has 2 aliphatic heterocycles. The summed E-state index contributed by atoms with van der Waals surface area (Å²) < 4.78 is 25.7. The molecule has 6 nitrogen and oxygen atoms in total. The van der Waals surface area contributed by atoms with Crippen molar-refractivity contribution in [3.05, 3.63) is 29.6 Å². The number of carbonyl (C=O) groups is 1. The number of carbonyl (C=O) groups excluding carboxylic acids is 1. The van der Waals surface area contributed by atoms with Crippen molar-refractivity contribution >= 4 is 29.4 Å². The van der Waals surface area contributed by atoms with Gasteiger partial charge in [0.05, 0.1) is 24.5 Å². The van der Waals surface area contributed by atoms with Crippen molar-refractivity contribution in [3.8, 4) is 0 Å². The summed E-state index contributed by atoms with van der Waals surface area (Å²) in [5.41, 5.74) is 1.03. The van der Waals surface area contributed by atoms with Crippen LogP contribution in [0.15, 0.2) is 33.1 Å². The number of hydrogen-bond acceptors (Lipinski definition) is 6. The van der Waals surface area contributed by atoms with Crippen LogP contribution in [0.25, 0.3) is 0 Å². The maximum Gasteiger partial charge on any atom is 0.410 e. The number of amidine groups is 1. The number of likely N-dealkylation sites (tertiary alicyclic amines) is 1. The van der Waals surface area contributed by atoms with Crippen molar-refractivity contribution < 1.29 is 18.7 Å². The molecule has 1 saturated heterocycles. The van der Waals surface area contributed by atoms with Gasteiger partial charge < -0.3 is 14.4 Å². The summed E-state index contributed by atoms with van der Waals surface area (Å²) >= 11 is 1.37. The van der Waals surface area contributed by atoms with E-state index in [1.54, 1.807) is 11.0 Å². The lowest BCUT2D eigenvalue weighted by Gasteiger charge is -2.34. The minimum Gasteiger partial charge on any atom is -0.444 e. The van der Waals surface area contributed by atoms with Crippen LogP contribution in [0.4, 0.5) is 9.18 Å². The highest BCUT2D eigenvalue weighted by Gasteiger charge is 2.29. The van der Waals surface area contributed by atoms with Crippen LogP contribution in [0.1, 0.15) is 46.1 Å². The van der Waals surface area contributed by atoms with Crippen molar-refractivity contribution in [3.63, 3.8) is 0 Å². The maximum absolute atomic E-state index is 14.1. The second-order valence-electron chi connectivity index (χ2n) is 8.54. The number of ether oxygens (including phenoxy) is 2. The summed E-state index contributed by atoms with van der Waals surface area (Å²) in [6, 6.07) is 5.08. The van der Waals surface area contributed by atoms with Gasteiger partial charge >= 0.3 is 6.09 Å². The van der Waals surface area contributed by atoms with Gasteiger partial charge in [0.15, 0.2) is 5.84 Å². The summed E-state index contributed by atoms with van der Waals surface area (Å²) in [7, 11) is 0. The number of piperidine rings is 1. The molecule has 1 aromatic carbocycles. The number of amides is 1. The quantitative estimate of drug-likeness (QED) is 0.637. The molecule has 3 rings (SSSR count). The Labute approximate surface area is 181 Å². The highest BCUT2D eigenvalue weighted by molar-refractivity contribution is 7.98. The molecule has 0 saturated carbocycles. The summed E-state index contributed by atoms with van der Waals surface area (Å²) in [6.07, 6.45) is 2.96. The third-order valence-corrected chi connectivity index (χ3v) is 5.78. The Bertz CT molecular complexity index is 843. The normalized spacial score (nSPS) is 18.8. The van der Waals surface area contributed by atoms with Crippen LogP contribution in [0.2, 0.25) is 0 Å². The van der Waals surface area contributed by atoms with Crippen LogP contribution in [0, 0.1) is 5.82 Å². The first-order chi connectivity index (χ1) is 14.2. The van der Waals surface area contributed by atoms with E-state index in [4.69, 9.17) is 9.47 Å². The Morgan fingerprint density at radius 1 is 1.30 bits per heavy atom. The van der Waals surface area contributed by atoms with Crippen LogP contribution < -0.4 is 0 Å². The second-order valence-corrected chi connectivity index (χ2v) is 9.39. The molecule has 0 aliphatic carbocycles. The third kappa shape index (κ3) is 5.82. The molecule has 1 aromatic rings. The molecule has 1 fully saturated rings.